The van der Waals surface area contributed by atoms with Gasteiger partial charge in [0.25, 0.3) is 0 Å². The molecule has 1 N–H and O–H groups in total. The number of anilines is 1. The normalized spacial score (nSPS) is 11.5. The first kappa shape index (κ1) is 10.4. The molecule has 0 aliphatic carbocycles. The highest BCUT2D eigenvalue weighted by Gasteiger charge is 2.31. The van der Waals surface area contributed by atoms with Gasteiger partial charge in [0.1, 0.15) is 0 Å². The molecule has 1 aromatic heterocycles. The highest BCUT2D eigenvalue weighted by atomic mass is 35.5. The van der Waals surface area contributed by atoms with E-state index < -0.39 is 11.7 Å². The van der Waals surface area contributed by atoms with Gasteiger partial charge in [0.05, 0.1) is 10.6 Å². The average molecular weight is 231 g/mol. The van der Waals surface area contributed by atoms with Crippen LogP contribution in [-0.2, 0) is 6.18 Å². The van der Waals surface area contributed by atoms with Crippen molar-refractivity contribution in [2.45, 2.75) is 6.18 Å². The molecule has 0 aromatic carbocycles. The number of nitrogens with zero attached hydrogens (tertiary/aromatic N) is 1. The van der Waals surface area contributed by atoms with Gasteiger partial charge in [-0.3, -0.25) is 4.84 Å². The Hall–Kier alpha value is -0.680. The summed E-state index contributed by atoms with van der Waals surface area (Å²) in [7, 11) is 0. The molecule has 0 fully saturated rings. The summed E-state index contributed by atoms with van der Waals surface area (Å²) in [6.45, 7) is 0. The number of halogens is 5. The van der Waals surface area contributed by atoms with Gasteiger partial charge in [-0.2, -0.15) is 13.2 Å². The van der Waals surface area contributed by atoms with Gasteiger partial charge < -0.3 is 0 Å². The zero-order valence-electron chi connectivity index (χ0n) is 5.99. The minimum absolute atomic E-state index is 0.00340. The second-order valence-corrected chi connectivity index (χ2v) is 2.74. The van der Waals surface area contributed by atoms with E-state index in [4.69, 9.17) is 23.4 Å². The minimum atomic E-state index is -4.44. The molecule has 0 aliphatic heterocycles. The summed E-state index contributed by atoms with van der Waals surface area (Å²) in [4.78, 5) is 5.40. The number of hydrogen-bond donors (Lipinski definition) is 1. The van der Waals surface area contributed by atoms with E-state index in [-0.39, 0.29) is 10.8 Å². The summed E-state index contributed by atoms with van der Waals surface area (Å²) in [6.07, 6.45) is -3.79. The van der Waals surface area contributed by atoms with Gasteiger partial charge in [-0.05, 0) is 6.07 Å². The van der Waals surface area contributed by atoms with Gasteiger partial charge in [0.2, 0.25) is 0 Å². The summed E-state index contributed by atoms with van der Waals surface area (Å²) in [6, 6.07) is 0.749. The first-order chi connectivity index (χ1) is 5.95. The molecular weight excluding hydrogens is 228 g/mol. The van der Waals surface area contributed by atoms with Crippen LogP contribution >= 0.6 is 23.4 Å². The smallest absolute Gasteiger partial charge is 0.281 e. The maximum Gasteiger partial charge on any atom is 0.417 e. The van der Waals surface area contributed by atoms with E-state index >= 15 is 0 Å². The van der Waals surface area contributed by atoms with Crippen LogP contribution in [0, 0.1) is 0 Å². The van der Waals surface area contributed by atoms with Crippen molar-refractivity contribution in [1.82, 2.24) is 4.98 Å². The van der Waals surface area contributed by atoms with Crippen molar-refractivity contribution in [3.05, 3.63) is 22.8 Å². The molecule has 2 nitrogen and oxygen atoms in total. The third kappa shape index (κ3) is 2.38. The van der Waals surface area contributed by atoms with Gasteiger partial charge in [-0.1, -0.05) is 11.6 Å². The highest BCUT2D eigenvalue weighted by molar-refractivity contribution is 6.35. The maximum atomic E-state index is 12.1. The van der Waals surface area contributed by atoms with Crippen LogP contribution in [0.2, 0.25) is 5.02 Å². The fraction of sp³-hybridized carbons (Fsp3) is 0.167. The molecule has 0 atom stereocenters. The van der Waals surface area contributed by atoms with Crippen LogP contribution in [0.4, 0.5) is 19.0 Å². The number of rotatable bonds is 1. The molecule has 1 aromatic rings. The first-order valence-electron chi connectivity index (χ1n) is 3.04. The van der Waals surface area contributed by atoms with Crippen LogP contribution in [0.1, 0.15) is 5.56 Å². The largest absolute Gasteiger partial charge is 0.417 e. The Kier molecular flexibility index (Phi) is 2.87. The Balaban J connectivity index is 3.10. The molecule has 1 heterocycles. The van der Waals surface area contributed by atoms with E-state index in [1.54, 1.807) is 0 Å². The molecule has 0 saturated carbocycles. The van der Waals surface area contributed by atoms with Gasteiger partial charge in [-0.15, -0.1) is 0 Å². The number of aromatic nitrogens is 1. The van der Waals surface area contributed by atoms with E-state index in [0.717, 1.165) is 6.07 Å². The minimum Gasteiger partial charge on any atom is -0.281 e. The molecule has 1 rings (SSSR count). The fourth-order valence-corrected chi connectivity index (χ4v) is 1.08. The van der Waals surface area contributed by atoms with Crippen molar-refractivity contribution in [1.29, 1.82) is 0 Å². The Bertz CT molecular complexity index is 313. The average Bonchev–Trinajstić information content (AvgIpc) is 2.02. The molecule has 0 aliphatic rings. The molecule has 0 unspecified atom stereocenters. The second kappa shape index (κ2) is 3.59. The lowest BCUT2D eigenvalue weighted by atomic mass is 10.3. The lowest BCUT2D eigenvalue weighted by Crippen LogP contribution is -2.05. The quantitative estimate of drug-likeness (QED) is 0.749. The van der Waals surface area contributed by atoms with Crippen LogP contribution in [0.15, 0.2) is 12.3 Å². The summed E-state index contributed by atoms with van der Waals surface area (Å²) in [5, 5.41) is -0.176. The number of nitrogens with one attached hydrogen (secondary N) is 1. The Morgan fingerprint density at radius 2 is 2.00 bits per heavy atom. The van der Waals surface area contributed by atoms with Crippen LogP contribution < -0.4 is 4.84 Å². The SMILES string of the molecule is FC(F)(F)c1cnc(NCl)c(Cl)c1. The topological polar surface area (TPSA) is 24.9 Å². The molecule has 72 valence electrons. The molecule has 0 radical (unpaired) electrons. The Morgan fingerprint density at radius 1 is 1.38 bits per heavy atom. The number of hydrogen-bond acceptors (Lipinski definition) is 2. The van der Waals surface area contributed by atoms with Gasteiger partial charge >= 0.3 is 6.18 Å². The third-order valence-electron chi connectivity index (χ3n) is 1.26. The maximum absolute atomic E-state index is 12.1. The summed E-state index contributed by atoms with van der Waals surface area (Å²) in [5.74, 6) is -0.00340. The third-order valence-corrected chi connectivity index (χ3v) is 1.73. The zero-order valence-corrected chi connectivity index (χ0v) is 7.50. The highest BCUT2D eigenvalue weighted by Crippen LogP contribution is 2.32. The molecule has 0 saturated heterocycles. The van der Waals surface area contributed by atoms with Crippen LogP contribution in [0.5, 0.6) is 0 Å². The molecular formula is C6H3Cl2F3N2. The summed E-state index contributed by atoms with van der Waals surface area (Å²) < 4.78 is 36.2. The lowest BCUT2D eigenvalue weighted by molar-refractivity contribution is -0.137. The molecule has 7 heteroatoms. The van der Waals surface area contributed by atoms with Crippen LogP contribution in [0.3, 0.4) is 0 Å². The van der Waals surface area contributed by atoms with Crippen molar-refractivity contribution in [3.8, 4) is 0 Å². The Morgan fingerprint density at radius 3 is 2.38 bits per heavy atom. The predicted octanol–water partition coefficient (Wildman–Crippen LogP) is 3.32. The molecule has 0 amide bonds. The number of pyridine rings is 1. The van der Waals surface area contributed by atoms with Crippen molar-refractivity contribution in [2.75, 3.05) is 4.84 Å². The lowest BCUT2D eigenvalue weighted by Gasteiger charge is -2.07. The molecule has 0 spiro atoms. The number of alkyl halides is 3. The van der Waals surface area contributed by atoms with Crippen LogP contribution in [-0.4, -0.2) is 4.98 Å². The second-order valence-electron chi connectivity index (χ2n) is 2.15. The van der Waals surface area contributed by atoms with Crippen molar-refractivity contribution < 1.29 is 13.2 Å². The van der Waals surface area contributed by atoms with E-state index in [1.165, 1.54) is 0 Å². The van der Waals surface area contributed by atoms with E-state index in [9.17, 15) is 13.2 Å². The predicted molar refractivity (Wildman–Crippen MR) is 43.7 cm³/mol. The monoisotopic (exact) mass is 230 g/mol. The van der Waals surface area contributed by atoms with Gasteiger partial charge in [-0.25, -0.2) is 4.98 Å². The summed E-state index contributed by atoms with van der Waals surface area (Å²) in [5.41, 5.74) is -0.909. The van der Waals surface area contributed by atoms with Gasteiger partial charge in [0.15, 0.2) is 5.82 Å². The first-order valence-corrected chi connectivity index (χ1v) is 3.80. The molecule has 0 bridgehead atoms. The van der Waals surface area contributed by atoms with E-state index in [2.05, 4.69) is 4.98 Å². The standard InChI is InChI=1S/C6H3Cl2F3N2/c7-4-1-3(6(9,10)11)2-12-5(4)13-8/h1-2H,(H,12,13). The van der Waals surface area contributed by atoms with Crippen molar-refractivity contribution in [3.63, 3.8) is 0 Å². The Labute approximate surface area is 81.8 Å². The van der Waals surface area contributed by atoms with Crippen molar-refractivity contribution >= 4 is 29.2 Å². The van der Waals surface area contributed by atoms with Crippen LogP contribution in [0.25, 0.3) is 0 Å². The van der Waals surface area contributed by atoms with Gasteiger partial charge in [0, 0.05) is 18.0 Å². The van der Waals surface area contributed by atoms with E-state index in [0.29, 0.717) is 6.20 Å². The fourth-order valence-electron chi connectivity index (χ4n) is 0.662. The summed E-state index contributed by atoms with van der Waals surface area (Å²) >= 11 is 10.5. The molecule has 13 heavy (non-hydrogen) atoms. The van der Waals surface area contributed by atoms with E-state index in [1.807, 2.05) is 4.84 Å². The zero-order chi connectivity index (χ0) is 10.1. The van der Waals surface area contributed by atoms with Crippen molar-refractivity contribution in [2.24, 2.45) is 0 Å².